The minimum atomic E-state index is -1.01. The SMILES string of the molecule is CC1CCC(C)N1C(=O)c1cccc(C(=O)O)c1. The van der Waals surface area contributed by atoms with E-state index < -0.39 is 5.97 Å². The smallest absolute Gasteiger partial charge is 0.335 e. The van der Waals surface area contributed by atoms with E-state index in [1.807, 2.05) is 18.7 Å². The van der Waals surface area contributed by atoms with E-state index in [-0.39, 0.29) is 23.6 Å². The van der Waals surface area contributed by atoms with Crippen molar-refractivity contribution in [3.8, 4) is 0 Å². The molecule has 2 unspecified atom stereocenters. The lowest BCUT2D eigenvalue weighted by atomic mass is 10.1. The molecular formula is C14H17NO3. The summed E-state index contributed by atoms with van der Waals surface area (Å²) in [5.41, 5.74) is 0.607. The molecule has 4 heteroatoms. The van der Waals surface area contributed by atoms with Gasteiger partial charge in [0.1, 0.15) is 0 Å². The fourth-order valence-electron chi connectivity index (χ4n) is 2.53. The van der Waals surface area contributed by atoms with Gasteiger partial charge in [-0.1, -0.05) is 6.07 Å². The number of nitrogens with zero attached hydrogens (tertiary/aromatic N) is 1. The number of amides is 1. The Hall–Kier alpha value is -1.84. The van der Waals surface area contributed by atoms with Crippen LogP contribution in [0.3, 0.4) is 0 Å². The molecule has 1 amide bonds. The van der Waals surface area contributed by atoms with Crippen LogP contribution in [0.15, 0.2) is 24.3 Å². The maximum atomic E-state index is 12.4. The Bertz CT molecular complexity index is 474. The van der Waals surface area contributed by atoms with E-state index in [9.17, 15) is 9.59 Å². The molecule has 0 radical (unpaired) electrons. The summed E-state index contributed by atoms with van der Waals surface area (Å²) < 4.78 is 0. The number of carbonyl (C=O) groups excluding carboxylic acids is 1. The van der Waals surface area contributed by atoms with Crippen LogP contribution in [0, 0.1) is 0 Å². The lowest BCUT2D eigenvalue weighted by Crippen LogP contribution is -2.38. The predicted molar refractivity (Wildman–Crippen MR) is 67.7 cm³/mol. The summed E-state index contributed by atoms with van der Waals surface area (Å²) >= 11 is 0. The lowest BCUT2D eigenvalue weighted by Gasteiger charge is -2.26. The van der Waals surface area contributed by atoms with Crippen LogP contribution >= 0.6 is 0 Å². The summed E-state index contributed by atoms with van der Waals surface area (Å²) in [6.07, 6.45) is 2.01. The van der Waals surface area contributed by atoms with Crippen LogP contribution in [0.25, 0.3) is 0 Å². The third-order valence-corrected chi connectivity index (χ3v) is 3.54. The van der Waals surface area contributed by atoms with Gasteiger partial charge in [-0.05, 0) is 44.9 Å². The molecule has 1 N–H and O–H groups in total. The molecule has 1 heterocycles. The van der Waals surface area contributed by atoms with Crippen LogP contribution in [0.5, 0.6) is 0 Å². The van der Waals surface area contributed by atoms with Gasteiger partial charge in [0, 0.05) is 17.6 Å². The topological polar surface area (TPSA) is 57.6 Å². The van der Waals surface area contributed by atoms with Crippen LogP contribution in [0.4, 0.5) is 0 Å². The van der Waals surface area contributed by atoms with Gasteiger partial charge in [-0.25, -0.2) is 4.79 Å². The molecule has 0 bridgehead atoms. The van der Waals surface area contributed by atoms with Crippen molar-refractivity contribution in [2.75, 3.05) is 0 Å². The quantitative estimate of drug-likeness (QED) is 0.873. The first-order valence-corrected chi connectivity index (χ1v) is 6.16. The minimum absolute atomic E-state index is 0.0735. The lowest BCUT2D eigenvalue weighted by molar-refractivity contribution is 0.0693. The Balaban J connectivity index is 2.28. The number of aromatic carboxylic acids is 1. The van der Waals surface area contributed by atoms with Crippen molar-refractivity contribution in [2.24, 2.45) is 0 Å². The van der Waals surface area contributed by atoms with E-state index in [1.54, 1.807) is 12.1 Å². The molecule has 1 aliphatic heterocycles. The fraction of sp³-hybridized carbons (Fsp3) is 0.429. The zero-order valence-corrected chi connectivity index (χ0v) is 10.6. The van der Waals surface area contributed by atoms with E-state index in [2.05, 4.69) is 0 Å². The van der Waals surface area contributed by atoms with E-state index in [0.29, 0.717) is 5.56 Å². The van der Waals surface area contributed by atoms with E-state index in [0.717, 1.165) is 12.8 Å². The molecule has 1 saturated heterocycles. The Kier molecular flexibility index (Phi) is 3.36. The number of benzene rings is 1. The minimum Gasteiger partial charge on any atom is -0.478 e. The van der Waals surface area contributed by atoms with Gasteiger partial charge >= 0.3 is 5.97 Å². The largest absolute Gasteiger partial charge is 0.478 e. The number of carbonyl (C=O) groups is 2. The maximum Gasteiger partial charge on any atom is 0.335 e. The van der Waals surface area contributed by atoms with Gasteiger partial charge in [0.05, 0.1) is 5.56 Å². The normalized spacial score (nSPS) is 23.1. The highest BCUT2D eigenvalue weighted by atomic mass is 16.4. The number of carboxylic acids is 1. The zero-order valence-electron chi connectivity index (χ0n) is 10.6. The first kappa shape index (κ1) is 12.6. The predicted octanol–water partition coefficient (Wildman–Crippen LogP) is 2.40. The number of carboxylic acid groups (broad SMARTS) is 1. The Morgan fingerprint density at radius 2 is 1.72 bits per heavy atom. The Morgan fingerprint density at radius 3 is 2.28 bits per heavy atom. The van der Waals surface area contributed by atoms with Crippen LogP contribution in [0.1, 0.15) is 47.4 Å². The molecule has 96 valence electrons. The third kappa shape index (κ3) is 2.23. The number of rotatable bonds is 2. The summed E-state index contributed by atoms with van der Waals surface area (Å²) in [5.74, 6) is -1.08. The molecule has 1 aliphatic rings. The highest BCUT2D eigenvalue weighted by Crippen LogP contribution is 2.25. The molecular weight excluding hydrogens is 230 g/mol. The van der Waals surface area contributed by atoms with Crippen LogP contribution in [-0.2, 0) is 0 Å². The summed E-state index contributed by atoms with van der Waals surface area (Å²) in [6, 6.07) is 6.68. The van der Waals surface area contributed by atoms with Crippen molar-refractivity contribution in [3.05, 3.63) is 35.4 Å². The molecule has 0 spiro atoms. The molecule has 0 saturated carbocycles. The standard InChI is InChI=1S/C14H17NO3/c1-9-6-7-10(2)15(9)13(16)11-4-3-5-12(8-11)14(17)18/h3-5,8-10H,6-7H2,1-2H3,(H,17,18). The average Bonchev–Trinajstić information content (AvgIpc) is 2.68. The second-order valence-corrected chi connectivity index (χ2v) is 4.87. The molecule has 0 aliphatic carbocycles. The summed E-state index contributed by atoms with van der Waals surface area (Å²) in [6.45, 7) is 4.06. The second-order valence-electron chi connectivity index (χ2n) is 4.87. The van der Waals surface area contributed by atoms with E-state index in [4.69, 9.17) is 5.11 Å². The van der Waals surface area contributed by atoms with E-state index in [1.165, 1.54) is 12.1 Å². The van der Waals surface area contributed by atoms with Crippen LogP contribution < -0.4 is 0 Å². The van der Waals surface area contributed by atoms with Crippen molar-refractivity contribution in [2.45, 2.75) is 38.8 Å². The van der Waals surface area contributed by atoms with Crippen LogP contribution in [0.2, 0.25) is 0 Å². The average molecular weight is 247 g/mol. The van der Waals surface area contributed by atoms with Gasteiger partial charge < -0.3 is 10.0 Å². The van der Waals surface area contributed by atoms with Crippen molar-refractivity contribution < 1.29 is 14.7 Å². The van der Waals surface area contributed by atoms with Gasteiger partial charge in [-0.2, -0.15) is 0 Å². The maximum absolute atomic E-state index is 12.4. The molecule has 1 aromatic rings. The van der Waals surface area contributed by atoms with Gasteiger partial charge in [-0.3, -0.25) is 4.79 Å². The van der Waals surface area contributed by atoms with Crippen LogP contribution in [-0.4, -0.2) is 34.0 Å². The Morgan fingerprint density at radius 1 is 1.17 bits per heavy atom. The van der Waals surface area contributed by atoms with Gasteiger partial charge in [0.2, 0.25) is 0 Å². The summed E-state index contributed by atoms with van der Waals surface area (Å²) in [7, 11) is 0. The molecule has 18 heavy (non-hydrogen) atoms. The Labute approximate surface area is 106 Å². The van der Waals surface area contributed by atoms with Crippen molar-refractivity contribution in [1.29, 1.82) is 0 Å². The molecule has 2 rings (SSSR count). The van der Waals surface area contributed by atoms with Crippen molar-refractivity contribution >= 4 is 11.9 Å². The molecule has 0 aromatic heterocycles. The zero-order chi connectivity index (χ0) is 13.3. The highest BCUT2D eigenvalue weighted by Gasteiger charge is 2.31. The van der Waals surface area contributed by atoms with Gasteiger partial charge in [0.15, 0.2) is 0 Å². The molecule has 1 fully saturated rings. The fourth-order valence-corrected chi connectivity index (χ4v) is 2.53. The molecule has 1 aromatic carbocycles. The number of likely N-dealkylation sites (tertiary alicyclic amines) is 1. The monoisotopic (exact) mass is 247 g/mol. The van der Waals surface area contributed by atoms with Crippen molar-refractivity contribution in [1.82, 2.24) is 4.90 Å². The first-order valence-electron chi connectivity index (χ1n) is 6.16. The summed E-state index contributed by atoms with van der Waals surface area (Å²) in [4.78, 5) is 25.1. The summed E-state index contributed by atoms with van der Waals surface area (Å²) in [5, 5.41) is 8.94. The molecule has 2 atom stereocenters. The first-order chi connectivity index (χ1) is 8.50. The second kappa shape index (κ2) is 4.80. The van der Waals surface area contributed by atoms with Crippen molar-refractivity contribution in [3.63, 3.8) is 0 Å². The highest BCUT2D eigenvalue weighted by molar-refractivity contribution is 5.97. The number of hydrogen-bond acceptors (Lipinski definition) is 2. The third-order valence-electron chi connectivity index (χ3n) is 3.54. The number of hydrogen-bond donors (Lipinski definition) is 1. The van der Waals surface area contributed by atoms with Gasteiger partial charge in [0.25, 0.3) is 5.91 Å². The van der Waals surface area contributed by atoms with E-state index >= 15 is 0 Å². The van der Waals surface area contributed by atoms with Gasteiger partial charge in [-0.15, -0.1) is 0 Å². The molecule has 4 nitrogen and oxygen atoms in total.